The zero-order valence-electron chi connectivity index (χ0n) is 9.43. The first kappa shape index (κ1) is 12.9. The SMILES string of the molecule is NC(=O)c1ccnc([C@@H]2O[C@H](CO)[C@H](O)C2O)c1. The molecule has 4 atom stereocenters. The number of amides is 1. The standard InChI is InChI=1S/C11H14N2O5/c12-11(17)5-1-2-13-6(3-5)10-9(16)8(15)7(4-14)18-10/h1-3,7-10,14-16H,4H2,(H2,12,17)/t7-,8+,9?,10+/m1/s1. The number of aliphatic hydroxyl groups is 3. The molecule has 7 nitrogen and oxygen atoms in total. The first-order valence-corrected chi connectivity index (χ1v) is 5.42. The zero-order valence-corrected chi connectivity index (χ0v) is 9.43. The van der Waals surface area contributed by atoms with E-state index in [9.17, 15) is 15.0 Å². The number of hydrogen-bond acceptors (Lipinski definition) is 6. The normalized spacial score (nSPS) is 31.5. The second-order valence-electron chi connectivity index (χ2n) is 4.09. The molecule has 2 rings (SSSR count). The predicted octanol–water partition coefficient (Wildman–Crippen LogP) is -1.67. The van der Waals surface area contributed by atoms with Crippen LogP contribution in [0, 0.1) is 0 Å². The van der Waals surface area contributed by atoms with Crippen molar-refractivity contribution in [1.82, 2.24) is 4.98 Å². The van der Waals surface area contributed by atoms with Gasteiger partial charge in [0.1, 0.15) is 24.4 Å². The van der Waals surface area contributed by atoms with Crippen LogP contribution in [0.4, 0.5) is 0 Å². The van der Waals surface area contributed by atoms with Crippen LogP contribution in [0.15, 0.2) is 18.3 Å². The second-order valence-corrected chi connectivity index (χ2v) is 4.09. The summed E-state index contributed by atoms with van der Waals surface area (Å²) in [6, 6.07) is 2.83. The Bertz CT molecular complexity index is 453. The highest BCUT2D eigenvalue weighted by Crippen LogP contribution is 2.32. The van der Waals surface area contributed by atoms with Gasteiger partial charge in [-0.15, -0.1) is 0 Å². The number of aliphatic hydroxyl groups excluding tert-OH is 3. The Kier molecular flexibility index (Phi) is 3.58. The van der Waals surface area contributed by atoms with Crippen molar-refractivity contribution >= 4 is 5.91 Å². The van der Waals surface area contributed by atoms with Gasteiger partial charge in [-0.1, -0.05) is 0 Å². The van der Waals surface area contributed by atoms with Crippen LogP contribution in [0.2, 0.25) is 0 Å². The van der Waals surface area contributed by atoms with Crippen LogP contribution < -0.4 is 5.73 Å². The number of carbonyl (C=O) groups excluding carboxylic acids is 1. The Morgan fingerprint density at radius 1 is 1.44 bits per heavy atom. The van der Waals surface area contributed by atoms with Gasteiger partial charge in [0.15, 0.2) is 0 Å². The number of primary amides is 1. The zero-order chi connectivity index (χ0) is 13.3. The van der Waals surface area contributed by atoms with Gasteiger partial charge in [0.2, 0.25) is 5.91 Å². The third-order valence-electron chi connectivity index (χ3n) is 2.90. The van der Waals surface area contributed by atoms with Gasteiger partial charge in [0.05, 0.1) is 12.3 Å². The minimum atomic E-state index is -1.21. The van der Waals surface area contributed by atoms with Gasteiger partial charge in [-0.05, 0) is 12.1 Å². The van der Waals surface area contributed by atoms with Crippen LogP contribution in [0.25, 0.3) is 0 Å². The van der Waals surface area contributed by atoms with Gasteiger partial charge in [-0.2, -0.15) is 0 Å². The smallest absolute Gasteiger partial charge is 0.248 e. The number of pyridine rings is 1. The molecule has 1 saturated heterocycles. The Labute approximate surface area is 103 Å². The third kappa shape index (κ3) is 2.21. The molecule has 0 aromatic carbocycles. The lowest BCUT2D eigenvalue weighted by Gasteiger charge is -2.14. The summed E-state index contributed by atoms with van der Waals surface area (Å²) >= 11 is 0. The Balaban J connectivity index is 2.27. The summed E-state index contributed by atoms with van der Waals surface area (Å²) in [6.07, 6.45) is -2.80. The highest BCUT2D eigenvalue weighted by Gasteiger charge is 2.43. The quantitative estimate of drug-likeness (QED) is 0.511. The molecule has 0 bridgehead atoms. The summed E-state index contributed by atoms with van der Waals surface area (Å²) in [4.78, 5) is 15.0. The van der Waals surface area contributed by atoms with E-state index in [1.54, 1.807) is 0 Å². The molecule has 98 valence electrons. The highest BCUT2D eigenvalue weighted by atomic mass is 16.6. The number of ether oxygens (including phenoxy) is 1. The van der Waals surface area contributed by atoms with E-state index in [0.717, 1.165) is 0 Å². The number of carbonyl (C=O) groups is 1. The van der Waals surface area contributed by atoms with Crippen LogP contribution in [-0.4, -0.2) is 51.1 Å². The molecular formula is C11H14N2O5. The van der Waals surface area contributed by atoms with Gasteiger partial charge < -0.3 is 25.8 Å². The van der Waals surface area contributed by atoms with Gasteiger partial charge in [-0.3, -0.25) is 9.78 Å². The molecule has 0 spiro atoms. The van der Waals surface area contributed by atoms with Gasteiger partial charge >= 0.3 is 0 Å². The van der Waals surface area contributed by atoms with E-state index in [-0.39, 0.29) is 11.3 Å². The van der Waals surface area contributed by atoms with Crippen molar-refractivity contribution in [3.63, 3.8) is 0 Å². The molecule has 1 aromatic heterocycles. The molecule has 1 aromatic rings. The minimum absolute atomic E-state index is 0.234. The first-order valence-electron chi connectivity index (χ1n) is 5.42. The average Bonchev–Trinajstić information content (AvgIpc) is 2.66. The lowest BCUT2D eigenvalue weighted by atomic mass is 10.0. The lowest BCUT2D eigenvalue weighted by molar-refractivity contribution is -0.0239. The number of aromatic nitrogens is 1. The second kappa shape index (κ2) is 4.99. The molecule has 5 N–H and O–H groups in total. The molecule has 2 heterocycles. The topological polar surface area (TPSA) is 126 Å². The molecule has 7 heteroatoms. The highest BCUT2D eigenvalue weighted by molar-refractivity contribution is 5.92. The molecule has 0 aliphatic carbocycles. The summed E-state index contributed by atoms with van der Waals surface area (Å²) in [6.45, 7) is -0.412. The molecule has 1 aliphatic heterocycles. The fourth-order valence-corrected chi connectivity index (χ4v) is 1.90. The van der Waals surface area contributed by atoms with Crippen LogP contribution in [0.1, 0.15) is 22.2 Å². The van der Waals surface area contributed by atoms with Crippen molar-refractivity contribution in [3.8, 4) is 0 Å². The van der Waals surface area contributed by atoms with Crippen molar-refractivity contribution in [3.05, 3.63) is 29.6 Å². The molecular weight excluding hydrogens is 240 g/mol. The predicted molar refractivity (Wildman–Crippen MR) is 59.5 cm³/mol. The van der Waals surface area contributed by atoms with Gasteiger partial charge in [0, 0.05) is 11.8 Å². The summed E-state index contributed by atoms with van der Waals surface area (Å²) in [5.74, 6) is -0.620. The van der Waals surface area contributed by atoms with E-state index in [2.05, 4.69) is 4.98 Å². The fraction of sp³-hybridized carbons (Fsp3) is 0.455. The average molecular weight is 254 g/mol. The Morgan fingerprint density at radius 2 is 2.17 bits per heavy atom. The monoisotopic (exact) mass is 254 g/mol. The van der Waals surface area contributed by atoms with E-state index in [1.807, 2.05) is 0 Å². The van der Waals surface area contributed by atoms with E-state index in [0.29, 0.717) is 0 Å². The van der Waals surface area contributed by atoms with Crippen LogP contribution >= 0.6 is 0 Å². The Hall–Kier alpha value is -1.54. The molecule has 0 radical (unpaired) electrons. The van der Waals surface area contributed by atoms with Crippen molar-refractivity contribution in [1.29, 1.82) is 0 Å². The fourth-order valence-electron chi connectivity index (χ4n) is 1.90. The van der Waals surface area contributed by atoms with Crippen LogP contribution in [0.3, 0.4) is 0 Å². The summed E-state index contributed by atoms with van der Waals surface area (Å²) < 4.78 is 5.29. The van der Waals surface area contributed by atoms with Gasteiger partial charge in [0.25, 0.3) is 0 Å². The van der Waals surface area contributed by atoms with E-state index >= 15 is 0 Å². The van der Waals surface area contributed by atoms with E-state index < -0.39 is 36.9 Å². The lowest BCUT2D eigenvalue weighted by Crippen LogP contribution is -2.32. The maximum atomic E-state index is 11.0. The molecule has 0 saturated carbocycles. The number of rotatable bonds is 3. The summed E-state index contributed by atoms with van der Waals surface area (Å²) in [5, 5.41) is 28.4. The van der Waals surface area contributed by atoms with Crippen molar-refractivity contribution in [2.75, 3.05) is 6.61 Å². The minimum Gasteiger partial charge on any atom is -0.394 e. The maximum Gasteiger partial charge on any atom is 0.248 e. The third-order valence-corrected chi connectivity index (χ3v) is 2.90. The molecule has 1 unspecified atom stereocenters. The van der Waals surface area contributed by atoms with Crippen molar-refractivity contribution < 1.29 is 24.9 Å². The summed E-state index contributed by atoms with van der Waals surface area (Å²) in [5.41, 5.74) is 5.66. The van der Waals surface area contributed by atoms with E-state index in [1.165, 1.54) is 18.3 Å². The summed E-state index contributed by atoms with van der Waals surface area (Å²) in [7, 11) is 0. The van der Waals surface area contributed by atoms with Crippen LogP contribution in [0.5, 0.6) is 0 Å². The first-order chi connectivity index (χ1) is 8.54. The number of nitrogens with two attached hydrogens (primary N) is 1. The van der Waals surface area contributed by atoms with Crippen molar-refractivity contribution in [2.45, 2.75) is 24.4 Å². The number of nitrogens with zero attached hydrogens (tertiary/aromatic N) is 1. The van der Waals surface area contributed by atoms with Crippen LogP contribution in [-0.2, 0) is 4.74 Å². The molecule has 18 heavy (non-hydrogen) atoms. The molecule has 1 amide bonds. The molecule has 1 fully saturated rings. The Morgan fingerprint density at radius 3 is 2.72 bits per heavy atom. The van der Waals surface area contributed by atoms with Gasteiger partial charge in [-0.25, -0.2) is 0 Å². The maximum absolute atomic E-state index is 11.0. The van der Waals surface area contributed by atoms with Crippen molar-refractivity contribution in [2.24, 2.45) is 5.73 Å². The van der Waals surface area contributed by atoms with E-state index in [4.69, 9.17) is 15.6 Å². The molecule has 1 aliphatic rings. The number of hydrogen-bond donors (Lipinski definition) is 4. The largest absolute Gasteiger partial charge is 0.394 e.